The average Bonchev–Trinajstić information content (AvgIpc) is 2.17. The summed E-state index contributed by atoms with van der Waals surface area (Å²) >= 11 is 0. The topological polar surface area (TPSA) is 163 Å². The summed E-state index contributed by atoms with van der Waals surface area (Å²) in [5.41, 5.74) is 0. The second kappa shape index (κ2) is 6.73. The summed E-state index contributed by atoms with van der Waals surface area (Å²) in [5, 5.41) is 36.6. The van der Waals surface area contributed by atoms with Crippen molar-refractivity contribution in [2.24, 2.45) is 0 Å². The Balaban J connectivity index is 0.00000256. The van der Waals surface area contributed by atoms with Crippen molar-refractivity contribution in [2.75, 3.05) is 6.61 Å². The van der Waals surface area contributed by atoms with E-state index < -0.39 is 45.1 Å². The van der Waals surface area contributed by atoms with E-state index in [4.69, 9.17) is 10.2 Å². The zero-order chi connectivity index (χ0) is 12.5. The maximum atomic E-state index is 10.1. The van der Waals surface area contributed by atoms with Crippen LogP contribution >= 0.6 is 7.82 Å². The van der Waals surface area contributed by atoms with Crippen LogP contribution in [-0.4, -0.2) is 80.8 Å². The van der Waals surface area contributed by atoms with Crippen molar-refractivity contribution < 1.29 is 44.0 Å². The summed E-state index contributed by atoms with van der Waals surface area (Å²) in [6.45, 7) is -0.855. The molecular weight excluding hydrogens is 271 g/mol. The summed E-state index contributed by atoms with van der Waals surface area (Å²) in [7, 11) is -5.23. The van der Waals surface area contributed by atoms with E-state index >= 15 is 0 Å². The number of phosphoric ester groups is 1. The molecule has 1 aliphatic rings. The Hall–Kier alpha value is 0.676. The van der Waals surface area contributed by atoms with E-state index in [2.05, 4.69) is 9.26 Å². The molecule has 5 atom stereocenters. The Labute approximate surface area is 112 Å². The molecule has 0 radical (unpaired) electrons. The standard InChI is InChI=1S/C6H13O9P.Mg/c7-3-2(1-14-16(11,12)13)15-6(10)5(9)4(3)8;/h2-10H,1H2,(H2,11,12,13);/q;+2/p-2. The smallest absolute Gasteiger partial charge is 0.790 e. The molecule has 4 N–H and O–H groups in total. The Morgan fingerprint density at radius 3 is 2.12 bits per heavy atom. The van der Waals surface area contributed by atoms with Crippen LogP contribution in [-0.2, 0) is 13.8 Å². The number of hydrogen-bond donors (Lipinski definition) is 4. The molecule has 0 spiro atoms. The van der Waals surface area contributed by atoms with Gasteiger partial charge in [-0.3, -0.25) is 0 Å². The zero-order valence-corrected chi connectivity index (χ0v) is 10.9. The second-order valence-electron chi connectivity index (χ2n) is 3.28. The molecule has 0 aromatic rings. The minimum atomic E-state index is -5.23. The van der Waals surface area contributed by atoms with Crippen molar-refractivity contribution in [1.82, 2.24) is 0 Å². The molecule has 96 valence electrons. The summed E-state index contributed by atoms with van der Waals surface area (Å²) in [4.78, 5) is 20.3. The molecule has 1 rings (SSSR count). The minimum absolute atomic E-state index is 0. The molecule has 11 heteroatoms. The molecule has 0 saturated carbocycles. The first-order valence-corrected chi connectivity index (χ1v) is 5.73. The number of phosphoric acid groups is 1. The van der Waals surface area contributed by atoms with Crippen LogP contribution in [0.1, 0.15) is 0 Å². The van der Waals surface area contributed by atoms with Gasteiger partial charge in [0.15, 0.2) is 6.29 Å². The first-order chi connectivity index (χ1) is 7.22. The third kappa shape index (κ3) is 5.05. The van der Waals surface area contributed by atoms with E-state index in [1.165, 1.54) is 0 Å². The Kier molecular flexibility index (Phi) is 7.00. The summed E-state index contributed by atoms with van der Waals surface area (Å²) in [6, 6.07) is 0. The van der Waals surface area contributed by atoms with Crippen LogP contribution in [0.5, 0.6) is 0 Å². The normalized spacial score (nSPS) is 38.6. The van der Waals surface area contributed by atoms with Gasteiger partial charge in [0.2, 0.25) is 0 Å². The molecular formula is C6H11MgO9P. The van der Waals surface area contributed by atoms with E-state index in [0.29, 0.717) is 0 Å². The van der Waals surface area contributed by atoms with Crippen LogP contribution in [0.3, 0.4) is 0 Å². The molecule has 1 heterocycles. The van der Waals surface area contributed by atoms with Crippen molar-refractivity contribution >= 4 is 30.9 Å². The SMILES string of the molecule is O=P([O-])([O-])OCC1OC(O)C(O)C(O)C1O.[Mg+2]. The first kappa shape index (κ1) is 17.7. The monoisotopic (exact) mass is 282 g/mol. The van der Waals surface area contributed by atoms with Crippen LogP contribution < -0.4 is 9.79 Å². The van der Waals surface area contributed by atoms with Crippen LogP contribution in [0.4, 0.5) is 0 Å². The van der Waals surface area contributed by atoms with Gasteiger partial charge < -0.3 is 44.0 Å². The molecule has 0 bridgehead atoms. The van der Waals surface area contributed by atoms with Crippen LogP contribution in [0.2, 0.25) is 0 Å². The van der Waals surface area contributed by atoms with Crippen molar-refractivity contribution in [2.45, 2.75) is 30.7 Å². The maximum absolute atomic E-state index is 10.1. The molecule has 17 heavy (non-hydrogen) atoms. The van der Waals surface area contributed by atoms with Gasteiger partial charge in [-0.2, -0.15) is 0 Å². The Bertz CT molecular complexity index is 283. The molecule has 0 aromatic carbocycles. The predicted octanol–water partition coefficient (Wildman–Crippen LogP) is -4.75. The fraction of sp³-hybridized carbons (Fsp3) is 1.00. The molecule has 1 aliphatic heterocycles. The molecule has 0 aromatic heterocycles. The summed E-state index contributed by atoms with van der Waals surface area (Å²) in [6.07, 6.45) is -8.35. The quantitative estimate of drug-likeness (QED) is 0.294. The molecule has 9 nitrogen and oxygen atoms in total. The molecule has 5 unspecified atom stereocenters. The fourth-order valence-electron chi connectivity index (χ4n) is 1.23. The third-order valence-corrected chi connectivity index (χ3v) is 2.55. The Morgan fingerprint density at radius 1 is 1.12 bits per heavy atom. The van der Waals surface area contributed by atoms with E-state index in [-0.39, 0.29) is 23.1 Å². The summed E-state index contributed by atoms with van der Waals surface area (Å²) in [5.74, 6) is 0. The van der Waals surface area contributed by atoms with Gasteiger partial charge in [0.05, 0.1) is 14.4 Å². The second-order valence-corrected chi connectivity index (χ2v) is 4.43. The van der Waals surface area contributed by atoms with Gasteiger partial charge >= 0.3 is 23.1 Å². The predicted molar refractivity (Wildman–Crippen MR) is 48.2 cm³/mol. The fourth-order valence-corrected chi connectivity index (χ4v) is 1.56. The summed E-state index contributed by atoms with van der Waals surface area (Å²) < 4.78 is 18.5. The maximum Gasteiger partial charge on any atom is 2.00 e. The number of ether oxygens (including phenoxy) is 1. The van der Waals surface area contributed by atoms with Gasteiger partial charge in [0, 0.05) is 0 Å². The van der Waals surface area contributed by atoms with Crippen molar-refractivity contribution in [3.05, 3.63) is 0 Å². The minimum Gasteiger partial charge on any atom is -0.790 e. The van der Waals surface area contributed by atoms with Gasteiger partial charge in [-0.25, -0.2) is 0 Å². The molecule has 1 saturated heterocycles. The van der Waals surface area contributed by atoms with E-state index in [1.54, 1.807) is 0 Å². The van der Waals surface area contributed by atoms with Gasteiger partial charge in [-0.1, -0.05) is 0 Å². The van der Waals surface area contributed by atoms with Gasteiger partial charge in [-0.05, 0) is 0 Å². The Morgan fingerprint density at radius 2 is 1.65 bits per heavy atom. The van der Waals surface area contributed by atoms with Gasteiger partial charge in [-0.15, -0.1) is 0 Å². The van der Waals surface area contributed by atoms with Crippen molar-refractivity contribution in [3.8, 4) is 0 Å². The van der Waals surface area contributed by atoms with Crippen LogP contribution in [0, 0.1) is 0 Å². The zero-order valence-electron chi connectivity index (χ0n) is 8.58. The van der Waals surface area contributed by atoms with Gasteiger partial charge in [0.1, 0.15) is 24.4 Å². The van der Waals surface area contributed by atoms with Crippen molar-refractivity contribution in [3.63, 3.8) is 0 Å². The van der Waals surface area contributed by atoms with E-state index in [9.17, 15) is 24.6 Å². The third-order valence-electron chi connectivity index (χ3n) is 2.08. The number of rotatable bonds is 3. The number of aliphatic hydroxyl groups excluding tert-OH is 4. The van der Waals surface area contributed by atoms with Crippen LogP contribution in [0.15, 0.2) is 0 Å². The molecule has 0 aliphatic carbocycles. The molecule has 0 amide bonds. The average molecular weight is 282 g/mol. The van der Waals surface area contributed by atoms with E-state index in [1.807, 2.05) is 0 Å². The van der Waals surface area contributed by atoms with Crippen LogP contribution in [0.25, 0.3) is 0 Å². The van der Waals surface area contributed by atoms with Gasteiger partial charge in [0.25, 0.3) is 0 Å². The largest absolute Gasteiger partial charge is 2.00 e. The van der Waals surface area contributed by atoms with E-state index in [0.717, 1.165) is 0 Å². The molecule has 1 fully saturated rings. The number of aliphatic hydroxyl groups is 4. The first-order valence-electron chi connectivity index (χ1n) is 4.26. The number of hydrogen-bond acceptors (Lipinski definition) is 9. The van der Waals surface area contributed by atoms with Crippen molar-refractivity contribution in [1.29, 1.82) is 0 Å².